The van der Waals surface area contributed by atoms with Gasteiger partial charge in [0.05, 0.1) is 13.7 Å². The van der Waals surface area contributed by atoms with E-state index in [4.69, 9.17) is 20.4 Å². The van der Waals surface area contributed by atoms with E-state index < -0.39 is 0 Å². The number of nitrogens with two attached hydrogens (primary N) is 1. The number of hydrogen-bond acceptors (Lipinski definition) is 5. The summed E-state index contributed by atoms with van der Waals surface area (Å²) in [5.74, 6) is 1.62. The minimum Gasteiger partial charge on any atom is -0.493 e. The predicted molar refractivity (Wildman–Crippen MR) is 74.0 cm³/mol. The van der Waals surface area contributed by atoms with E-state index in [0.717, 1.165) is 6.54 Å². The van der Waals surface area contributed by atoms with Crippen LogP contribution in [-0.4, -0.2) is 49.3 Å². The summed E-state index contributed by atoms with van der Waals surface area (Å²) in [5, 5.41) is 11.5. The summed E-state index contributed by atoms with van der Waals surface area (Å²) in [4.78, 5) is 2.02. The number of oxime groups is 1. The van der Waals surface area contributed by atoms with Crippen LogP contribution in [-0.2, 0) is 0 Å². The molecule has 0 saturated carbocycles. The maximum absolute atomic E-state index is 8.54. The van der Waals surface area contributed by atoms with Gasteiger partial charge in [-0.2, -0.15) is 0 Å². The Morgan fingerprint density at radius 2 is 2.05 bits per heavy atom. The van der Waals surface area contributed by atoms with Crippen molar-refractivity contribution >= 4 is 5.84 Å². The lowest BCUT2D eigenvalue weighted by Crippen LogP contribution is -2.36. The van der Waals surface area contributed by atoms with Crippen molar-refractivity contribution in [1.82, 2.24) is 4.90 Å². The molecule has 0 spiro atoms. The lowest BCUT2D eigenvalue weighted by molar-refractivity contribution is 0.224. The van der Waals surface area contributed by atoms with E-state index in [1.54, 1.807) is 7.11 Å². The number of nitrogens with zero attached hydrogens (tertiary/aromatic N) is 2. The summed E-state index contributed by atoms with van der Waals surface area (Å²) in [5.41, 5.74) is 5.48. The van der Waals surface area contributed by atoms with Crippen molar-refractivity contribution in [2.24, 2.45) is 10.9 Å². The molecule has 0 bridgehead atoms. The van der Waals surface area contributed by atoms with Crippen LogP contribution in [0.2, 0.25) is 0 Å². The Balaban J connectivity index is 2.44. The first-order valence-electron chi connectivity index (χ1n) is 6.15. The molecule has 0 atom stereocenters. The Kier molecular flexibility index (Phi) is 6.52. The molecule has 0 aliphatic carbocycles. The molecule has 0 amide bonds. The quantitative estimate of drug-likeness (QED) is 0.319. The van der Waals surface area contributed by atoms with Gasteiger partial charge in [0, 0.05) is 6.54 Å². The van der Waals surface area contributed by atoms with Gasteiger partial charge < -0.3 is 20.4 Å². The van der Waals surface area contributed by atoms with Crippen LogP contribution in [0.25, 0.3) is 0 Å². The first-order chi connectivity index (χ1) is 9.21. The number of hydrogen-bond donors (Lipinski definition) is 2. The Hall–Kier alpha value is -1.95. The molecule has 6 nitrogen and oxygen atoms in total. The van der Waals surface area contributed by atoms with Gasteiger partial charge in [-0.1, -0.05) is 24.2 Å². The Labute approximate surface area is 113 Å². The van der Waals surface area contributed by atoms with E-state index in [0.29, 0.717) is 31.2 Å². The first kappa shape index (κ1) is 15.1. The summed E-state index contributed by atoms with van der Waals surface area (Å²) >= 11 is 0. The topological polar surface area (TPSA) is 80.3 Å². The number of ether oxygens (including phenoxy) is 2. The van der Waals surface area contributed by atoms with E-state index in [9.17, 15) is 0 Å². The highest BCUT2D eigenvalue weighted by Crippen LogP contribution is 2.25. The molecule has 1 aromatic rings. The van der Waals surface area contributed by atoms with Crippen molar-refractivity contribution in [1.29, 1.82) is 0 Å². The molecule has 0 heterocycles. The molecule has 0 aliphatic heterocycles. The van der Waals surface area contributed by atoms with Crippen molar-refractivity contribution in [3.63, 3.8) is 0 Å². The van der Waals surface area contributed by atoms with Gasteiger partial charge in [-0.25, -0.2) is 0 Å². The van der Waals surface area contributed by atoms with Crippen molar-refractivity contribution < 1.29 is 14.7 Å². The summed E-state index contributed by atoms with van der Waals surface area (Å²) in [6.07, 6.45) is 0. The van der Waals surface area contributed by atoms with Gasteiger partial charge in [0.15, 0.2) is 17.3 Å². The molecule has 3 N–H and O–H groups in total. The number of benzene rings is 1. The monoisotopic (exact) mass is 267 g/mol. The molecule has 0 aromatic heterocycles. The number of amidine groups is 1. The van der Waals surface area contributed by atoms with Gasteiger partial charge in [-0.15, -0.1) is 0 Å². The highest BCUT2D eigenvalue weighted by atomic mass is 16.5. The van der Waals surface area contributed by atoms with Crippen LogP contribution in [0.15, 0.2) is 29.4 Å². The fourth-order valence-electron chi connectivity index (χ4n) is 1.63. The Bertz CT molecular complexity index is 410. The summed E-state index contributed by atoms with van der Waals surface area (Å²) in [7, 11) is 1.61. The Morgan fingerprint density at radius 3 is 2.63 bits per heavy atom. The molecule has 106 valence electrons. The zero-order valence-electron chi connectivity index (χ0n) is 11.4. The van der Waals surface area contributed by atoms with Crippen LogP contribution in [0.3, 0.4) is 0 Å². The molecule has 0 aliphatic rings. The zero-order chi connectivity index (χ0) is 14.1. The van der Waals surface area contributed by atoms with Crippen LogP contribution >= 0.6 is 0 Å². The molecule has 0 unspecified atom stereocenters. The molecule has 6 heteroatoms. The van der Waals surface area contributed by atoms with Gasteiger partial charge in [0.2, 0.25) is 0 Å². The number of para-hydroxylation sites is 2. The number of methoxy groups -OCH3 is 1. The first-order valence-corrected chi connectivity index (χ1v) is 6.15. The SMILES string of the molecule is CCN(CCOc1ccccc1OC)CC(N)=NO. The van der Waals surface area contributed by atoms with Crippen LogP contribution in [0.1, 0.15) is 6.92 Å². The van der Waals surface area contributed by atoms with Gasteiger partial charge >= 0.3 is 0 Å². The van der Waals surface area contributed by atoms with Crippen molar-refractivity contribution in [3.05, 3.63) is 24.3 Å². The fourth-order valence-corrected chi connectivity index (χ4v) is 1.63. The molecule has 0 fully saturated rings. The molecule has 0 saturated heterocycles. The third-order valence-electron chi connectivity index (χ3n) is 2.70. The maximum Gasteiger partial charge on any atom is 0.161 e. The molecular formula is C13H21N3O3. The van der Waals surface area contributed by atoms with E-state index in [1.165, 1.54) is 0 Å². The largest absolute Gasteiger partial charge is 0.493 e. The lowest BCUT2D eigenvalue weighted by Gasteiger charge is -2.19. The van der Waals surface area contributed by atoms with Gasteiger partial charge in [0.1, 0.15) is 6.61 Å². The average molecular weight is 267 g/mol. The fraction of sp³-hybridized carbons (Fsp3) is 0.462. The second-order valence-electron chi connectivity index (χ2n) is 3.96. The maximum atomic E-state index is 8.54. The third kappa shape index (κ3) is 5.05. The normalized spacial score (nSPS) is 11.6. The lowest BCUT2D eigenvalue weighted by atomic mass is 10.3. The third-order valence-corrected chi connectivity index (χ3v) is 2.70. The standard InChI is InChI=1S/C13H21N3O3/c1-3-16(10-13(14)15-17)8-9-19-12-7-5-4-6-11(12)18-2/h4-7,17H,3,8-10H2,1-2H3,(H2,14,15). The van der Waals surface area contributed by atoms with Crippen LogP contribution in [0.4, 0.5) is 0 Å². The smallest absolute Gasteiger partial charge is 0.161 e. The second-order valence-corrected chi connectivity index (χ2v) is 3.96. The highest BCUT2D eigenvalue weighted by molar-refractivity contribution is 5.81. The van der Waals surface area contributed by atoms with Crippen LogP contribution in [0.5, 0.6) is 11.5 Å². The van der Waals surface area contributed by atoms with Crippen molar-refractivity contribution in [2.75, 3.05) is 33.4 Å². The van der Waals surface area contributed by atoms with Gasteiger partial charge in [-0.05, 0) is 18.7 Å². The van der Waals surface area contributed by atoms with Gasteiger partial charge in [0.25, 0.3) is 0 Å². The second kappa shape index (κ2) is 8.20. The summed E-state index contributed by atoms with van der Waals surface area (Å²) in [6.45, 7) is 4.42. The molecule has 19 heavy (non-hydrogen) atoms. The summed E-state index contributed by atoms with van der Waals surface area (Å²) < 4.78 is 10.9. The minimum absolute atomic E-state index is 0.194. The van der Waals surface area contributed by atoms with E-state index in [-0.39, 0.29) is 5.84 Å². The highest BCUT2D eigenvalue weighted by Gasteiger charge is 2.07. The molecule has 0 radical (unpaired) electrons. The zero-order valence-corrected chi connectivity index (χ0v) is 11.4. The number of likely N-dealkylation sites (N-methyl/N-ethyl adjacent to an activating group) is 1. The average Bonchev–Trinajstić information content (AvgIpc) is 2.46. The summed E-state index contributed by atoms with van der Waals surface area (Å²) in [6, 6.07) is 7.50. The Morgan fingerprint density at radius 1 is 1.37 bits per heavy atom. The van der Waals surface area contributed by atoms with Gasteiger partial charge in [-0.3, -0.25) is 4.90 Å². The van der Waals surface area contributed by atoms with E-state index in [2.05, 4.69) is 5.16 Å². The molecule has 1 aromatic carbocycles. The van der Waals surface area contributed by atoms with Crippen LogP contribution < -0.4 is 15.2 Å². The van der Waals surface area contributed by atoms with Crippen molar-refractivity contribution in [3.8, 4) is 11.5 Å². The van der Waals surface area contributed by atoms with Crippen molar-refractivity contribution in [2.45, 2.75) is 6.92 Å². The van der Waals surface area contributed by atoms with E-state index in [1.807, 2.05) is 36.1 Å². The number of rotatable bonds is 8. The van der Waals surface area contributed by atoms with Crippen LogP contribution in [0, 0.1) is 0 Å². The molecular weight excluding hydrogens is 246 g/mol. The van der Waals surface area contributed by atoms with E-state index >= 15 is 0 Å². The predicted octanol–water partition coefficient (Wildman–Crippen LogP) is 1.14. The molecule has 1 rings (SSSR count). The minimum atomic E-state index is 0.194.